The molecule has 1 heterocycles. The molecule has 0 aliphatic carbocycles. The van der Waals surface area contributed by atoms with Crippen molar-refractivity contribution in [2.24, 2.45) is 0 Å². The summed E-state index contributed by atoms with van der Waals surface area (Å²) >= 11 is 6.41. The molecule has 0 amide bonds. The minimum Gasteiger partial charge on any atom is -0.494 e. The molecule has 0 aliphatic rings. The Morgan fingerprint density at radius 1 is 0.905 bits per heavy atom. The lowest BCUT2D eigenvalue weighted by Crippen LogP contribution is -2.08. The zero-order valence-corrected chi connectivity index (χ0v) is 23.4. The maximum absolute atomic E-state index is 13.6. The van der Waals surface area contributed by atoms with Crippen molar-refractivity contribution in [3.05, 3.63) is 94.1 Å². The molecule has 0 unspecified atom stereocenters. The molecule has 10 heteroatoms. The van der Waals surface area contributed by atoms with Crippen molar-refractivity contribution in [3.63, 3.8) is 0 Å². The number of rotatable bonds is 15. The fourth-order valence-corrected chi connectivity index (χ4v) is 4.79. The Hall–Kier alpha value is -4.37. The van der Waals surface area contributed by atoms with Crippen LogP contribution in [0.4, 0.5) is 8.78 Å². The average Bonchev–Trinajstić information content (AvgIpc) is 3.28. The molecule has 42 heavy (non-hydrogen) atoms. The van der Waals surface area contributed by atoms with Gasteiger partial charge in [-0.05, 0) is 73.2 Å². The number of aliphatic carboxylic acids is 2. The average molecular weight is 598 g/mol. The molecule has 0 saturated heterocycles. The van der Waals surface area contributed by atoms with Crippen molar-refractivity contribution in [2.75, 3.05) is 13.2 Å². The summed E-state index contributed by atoms with van der Waals surface area (Å²) < 4.78 is 39.6. The smallest absolute Gasteiger partial charge is 0.323 e. The molecule has 1 aromatic heterocycles. The van der Waals surface area contributed by atoms with Gasteiger partial charge in [0.05, 0.1) is 18.7 Å². The number of aromatic nitrogens is 1. The first-order valence-corrected chi connectivity index (χ1v) is 13.8. The second-order valence-electron chi connectivity index (χ2n) is 9.67. The number of unbranched alkanes of at least 4 members (excludes halogenated alkanes) is 1. The van der Waals surface area contributed by atoms with Gasteiger partial charge < -0.3 is 24.3 Å². The highest BCUT2D eigenvalue weighted by Crippen LogP contribution is 2.31. The van der Waals surface area contributed by atoms with Crippen LogP contribution in [0.1, 0.15) is 42.4 Å². The third kappa shape index (κ3) is 8.33. The second kappa shape index (κ2) is 14.5. The number of nitrogens with zero attached hydrogens (tertiary/aromatic N) is 1. The van der Waals surface area contributed by atoms with Gasteiger partial charge in [-0.25, -0.2) is 4.39 Å². The van der Waals surface area contributed by atoms with Gasteiger partial charge in [-0.15, -0.1) is 0 Å². The number of benzene rings is 3. The standard InChI is InChI=1S/C32H30ClF2NO6/c33-24-17-22(32-26(18-24)23(5-3-8-29(37)38)19-36(32)20-30(39)40)12-9-21-10-13-25(14-11-21)41-15-1-2-16-42-28-7-4-6-27(34)31(28)35/h4,6-7,9-14,17-19H,1-3,5,8,15-16,20H2,(H,37,38)(H,39,40). The van der Waals surface area contributed by atoms with Gasteiger partial charge in [-0.1, -0.05) is 42.0 Å². The van der Waals surface area contributed by atoms with E-state index in [0.29, 0.717) is 48.6 Å². The molecular formula is C32H30ClF2NO6. The van der Waals surface area contributed by atoms with E-state index in [-0.39, 0.29) is 25.3 Å². The van der Waals surface area contributed by atoms with Crippen LogP contribution in [0.15, 0.2) is 60.8 Å². The highest BCUT2D eigenvalue weighted by molar-refractivity contribution is 6.31. The van der Waals surface area contributed by atoms with E-state index >= 15 is 0 Å². The molecule has 7 nitrogen and oxygen atoms in total. The lowest BCUT2D eigenvalue weighted by Gasteiger charge is -2.09. The first-order valence-electron chi connectivity index (χ1n) is 13.4. The maximum atomic E-state index is 13.6. The van der Waals surface area contributed by atoms with Crippen LogP contribution in [0.5, 0.6) is 11.5 Å². The Morgan fingerprint density at radius 2 is 1.64 bits per heavy atom. The van der Waals surface area contributed by atoms with Gasteiger partial charge in [0.1, 0.15) is 12.3 Å². The second-order valence-corrected chi connectivity index (χ2v) is 10.1. The topological polar surface area (TPSA) is 98.0 Å². The van der Waals surface area contributed by atoms with E-state index < -0.39 is 23.6 Å². The third-order valence-corrected chi connectivity index (χ3v) is 6.73. The van der Waals surface area contributed by atoms with Crippen LogP contribution in [-0.2, 0) is 22.6 Å². The summed E-state index contributed by atoms with van der Waals surface area (Å²) in [6, 6.07) is 14.8. The highest BCUT2D eigenvalue weighted by atomic mass is 35.5. The van der Waals surface area contributed by atoms with Gasteiger partial charge >= 0.3 is 11.9 Å². The lowest BCUT2D eigenvalue weighted by molar-refractivity contribution is -0.138. The molecule has 0 aliphatic heterocycles. The molecular weight excluding hydrogens is 568 g/mol. The summed E-state index contributed by atoms with van der Waals surface area (Å²) in [7, 11) is 0. The fourth-order valence-electron chi connectivity index (χ4n) is 4.57. The minimum atomic E-state index is -0.991. The Labute approximate surface area is 246 Å². The Balaban J connectivity index is 1.37. The molecule has 0 atom stereocenters. The number of fused-ring (bicyclic) bond motifs is 1. The van der Waals surface area contributed by atoms with Crippen LogP contribution < -0.4 is 9.47 Å². The van der Waals surface area contributed by atoms with Gasteiger partial charge in [-0.3, -0.25) is 9.59 Å². The van der Waals surface area contributed by atoms with Crippen molar-refractivity contribution in [2.45, 2.75) is 38.6 Å². The normalized spacial score (nSPS) is 11.3. The SMILES string of the molecule is O=C(O)CCCc1cn(CC(=O)O)c2c(C=Cc3ccc(OCCCCOc4cccc(F)c4F)cc3)cc(Cl)cc12. The van der Waals surface area contributed by atoms with Gasteiger partial charge in [0, 0.05) is 28.6 Å². The zero-order chi connectivity index (χ0) is 30.1. The summed E-state index contributed by atoms with van der Waals surface area (Å²) in [4.78, 5) is 22.5. The molecule has 3 aromatic carbocycles. The van der Waals surface area contributed by atoms with Crippen molar-refractivity contribution in [3.8, 4) is 11.5 Å². The van der Waals surface area contributed by atoms with Crippen molar-refractivity contribution < 1.29 is 38.1 Å². The highest BCUT2D eigenvalue weighted by Gasteiger charge is 2.15. The van der Waals surface area contributed by atoms with E-state index in [1.165, 1.54) is 12.1 Å². The predicted molar refractivity (Wildman–Crippen MR) is 157 cm³/mol. The van der Waals surface area contributed by atoms with E-state index in [0.717, 1.165) is 28.1 Å². The molecule has 0 saturated carbocycles. The largest absolute Gasteiger partial charge is 0.494 e. The zero-order valence-electron chi connectivity index (χ0n) is 22.7. The fraction of sp³-hybridized carbons (Fsp3) is 0.250. The van der Waals surface area contributed by atoms with Crippen LogP contribution in [0.2, 0.25) is 5.02 Å². The monoisotopic (exact) mass is 597 g/mol. The van der Waals surface area contributed by atoms with E-state index in [1.54, 1.807) is 22.9 Å². The molecule has 2 N–H and O–H groups in total. The number of aryl methyl sites for hydroxylation is 1. The van der Waals surface area contributed by atoms with Crippen LogP contribution in [0, 0.1) is 11.6 Å². The maximum Gasteiger partial charge on any atom is 0.323 e. The van der Waals surface area contributed by atoms with Crippen molar-refractivity contribution in [1.29, 1.82) is 0 Å². The van der Waals surface area contributed by atoms with Gasteiger partial charge in [0.2, 0.25) is 5.82 Å². The van der Waals surface area contributed by atoms with Crippen LogP contribution in [0.3, 0.4) is 0 Å². The number of ether oxygens (including phenoxy) is 2. The summed E-state index contributed by atoms with van der Waals surface area (Å²) in [5.74, 6) is -3.23. The third-order valence-electron chi connectivity index (χ3n) is 6.51. The summed E-state index contributed by atoms with van der Waals surface area (Å²) in [5, 5.41) is 19.7. The summed E-state index contributed by atoms with van der Waals surface area (Å²) in [5.41, 5.74) is 3.19. The Kier molecular flexibility index (Phi) is 10.6. The van der Waals surface area contributed by atoms with E-state index in [2.05, 4.69) is 0 Å². The van der Waals surface area contributed by atoms with Crippen molar-refractivity contribution >= 4 is 46.6 Å². The van der Waals surface area contributed by atoms with Crippen LogP contribution >= 0.6 is 11.6 Å². The minimum absolute atomic E-state index is 0.0187. The van der Waals surface area contributed by atoms with Gasteiger partial charge in [0.15, 0.2) is 11.6 Å². The van der Waals surface area contributed by atoms with Crippen LogP contribution in [-0.4, -0.2) is 39.9 Å². The first kappa shape index (κ1) is 30.6. The molecule has 4 rings (SSSR count). The number of carboxylic acid groups (broad SMARTS) is 2. The van der Waals surface area contributed by atoms with E-state index in [4.69, 9.17) is 26.2 Å². The number of hydrogen-bond donors (Lipinski definition) is 2. The molecule has 0 bridgehead atoms. The molecule has 0 fully saturated rings. The number of carbonyl (C=O) groups is 2. The van der Waals surface area contributed by atoms with E-state index in [1.807, 2.05) is 36.4 Å². The van der Waals surface area contributed by atoms with Gasteiger partial charge in [-0.2, -0.15) is 4.39 Å². The molecule has 0 radical (unpaired) electrons. The Morgan fingerprint density at radius 3 is 2.36 bits per heavy atom. The van der Waals surface area contributed by atoms with Crippen molar-refractivity contribution in [1.82, 2.24) is 4.57 Å². The first-order chi connectivity index (χ1) is 20.2. The molecule has 4 aromatic rings. The van der Waals surface area contributed by atoms with Gasteiger partial charge in [0.25, 0.3) is 0 Å². The number of carboxylic acids is 2. The lowest BCUT2D eigenvalue weighted by atomic mass is 10.0. The predicted octanol–water partition coefficient (Wildman–Crippen LogP) is 7.47. The number of halogens is 3. The summed E-state index contributed by atoms with van der Waals surface area (Å²) in [6.07, 6.45) is 7.71. The molecule has 220 valence electrons. The molecule has 0 spiro atoms. The van der Waals surface area contributed by atoms with E-state index in [9.17, 15) is 23.5 Å². The number of hydrogen-bond acceptors (Lipinski definition) is 4. The van der Waals surface area contributed by atoms with Crippen LogP contribution in [0.25, 0.3) is 23.1 Å². The quantitative estimate of drug-likeness (QED) is 0.109. The summed E-state index contributed by atoms with van der Waals surface area (Å²) in [6.45, 7) is 0.432. The Bertz CT molecular complexity index is 1580.